The summed E-state index contributed by atoms with van der Waals surface area (Å²) in [5.74, 6) is -0.962. The molecule has 1 saturated heterocycles. The summed E-state index contributed by atoms with van der Waals surface area (Å²) in [5, 5.41) is 2.80. The van der Waals surface area contributed by atoms with Crippen molar-refractivity contribution in [2.24, 2.45) is 0 Å². The van der Waals surface area contributed by atoms with Gasteiger partial charge in [-0.2, -0.15) is 13.2 Å². The van der Waals surface area contributed by atoms with Gasteiger partial charge in [-0.25, -0.2) is 14.4 Å². The number of carbonyl (C=O) groups excluding carboxylic acids is 1. The van der Waals surface area contributed by atoms with Crippen molar-refractivity contribution < 1.29 is 22.4 Å². The highest BCUT2D eigenvalue weighted by Gasteiger charge is 2.31. The summed E-state index contributed by atoms with van der Waals surface area (Å²) in [4.78, 5) is 28.8. The van der Waals surface area contributed by atoms with Crippen LogP contribution in [-0.2, 0) is 6.54 Å². The van der Waals surface area contributed by atoms with Gasteiger partial charge < -0.3 is 19.8 Å². The highest BCUT2D eigenvalue weighted by atomic mass is 19.4. The number of nitrogens with one attached hydrogen (secondary N) is 2. The lowest BCUT2D eigenvalue weighted by Gasteiger charge is -2.43. The van der Waals surface area contributed by atoms with Crippen LogP contribution in [0, 0.1) is 5.82 Å². The molecule has 2 aromatic carbocycles. The lowest BCUT2D eigenvalue weighted by Crippen LogP contribution is -2.55. The molecule has 0 spiro atoms. The van der Waals surface area contributed by atoms with Gasteiger partial charge in [0.05, 0.1) is 18.2 Å². The average molecular weight is 556 g/mol. The molecule has 1 fully saturated rings. The van der Waals surface area contributed by atoms with E-state index in [-0.39, 0.29) is 22.9 Å². The smallest absolute Gasteiger partial charge is 0.368 e. The molecule has 40 heavy (non-hydrogen) atoms. The molecule has 2 N–H and O–H groups in total. The Bertz CT molecular complexity index is 1470. The molecule has 0 saturated carbocycles. The first-order valence-electron chi connectivity index (χ1n) is 12.8. The largest absolute Gasteiger partial charge is 0.406 e. The van der Waals surface area contributed by atoms with Crippen LogP contribution in [0.4, 0.5) is 28.9 Å². The van der Waals surface area contributed by atoms with Gasteiger partial charge in [-0.05, 0) is 69.4 Å². The standard InChI is InChI=1S/C28H29F4N7O/c1-17-13-38(14-18(2)37(17)3)22-10-8-21(9-11-22)35-27(40)23-12-33-26(36-23)25-24(19-4-6-20(29)7-5-19)34-16-39(25)15-28(30,31)32/h4-12,16-18H,13-15H2,1-3H3,(H,33,36)(H,35,40). The van der Waals surface area contributed by atoms with Crippen LogP contribution in [0.25, 0.3) is 22.8 Å². The molecule has 1 aliphatic heterocycles. The number of amides is 1. The predicted octanol–water partition coefficient (Wildman–Crippen LogP) is 5.42. The zero-order chi connectivity index (χ0) is 28.6. The number of hydrogen-bond donors (Lipinski definition) is 2. The summed E-state index contributed by atoms with van der Waals surface area (Å²) in [7, 11) is 2.12. The summed E-state index contributed by atoms with van der Waals surface area (Å²) >= 11 is 0. The fourth-order valence-corrected chi connectivity index (χ4v) is 4.89. The third-order valence-corrected chi connectivity index (χ3v) is 7.20. The lowest BCUT2D eigenvalue weighted by molar-refractivity contribution is -0.140. The number of benzene rings is 2. The van der Waals surface area contributed by atoms with E-state index in [4.69, 9.17) is 0 Å². The summed E-state index contributed by atoms with van der Waals surface area (Å²) in [5.41, 5.74) is 2.29. The zero-order valence-electron chi connectivity index (χ0n) is 22.2. The lowest BCUT2D eigenvalue weighted by atomic mass is 10.1. The molecule has 8 nitrogen and oxygen atoms in total. The molecule has 1 aliphatic rings. The molecular formula is C28H29F4N7O. The van der Waals surface area contributed by atoms with Gasteiger partial charge in [0.25, 0.3) is 5.91 Å². The quantitative estimate of drug-likeness (QED) is 0.311. The number of hydrogen-bond acceptors (Lipinski definition) is 5. The second-order valence-corrected chi connectivity index (χ2v) is 10.1. The average Bonchev–Trinajstić information content (AvgIpc) is 3.54. The zero-order valence-corrected chi connectivity index (χ0v) is 22.2. The van der Waals surface area contributed by atoms with Crippen LogP contribution in [0.1, 0.15) is 24.3 Å². The number of alkyl halides is 3. The summed E-state index contributed by atoms with van der Waals surface area (Å²) in [6.07, 6.45) is -2.21. The Hall–Kier alpha value is -4.19. The molecule has 5 rings (SSSR count). The number of piperazine rings is 1. The van der Waals surface area contributed by atoms with Crippen LogP contribution in [0.2, 0.25) is 0 Å². The topological polar surface area (TPSA) is 82.1 Å². The fourth-order valence-electron chi connectivity index (χ4n) is 4.89. The molecule has 0 aliphatic carbocycles. The molecule has 3 heterocycles. The number of nitrogens with zero attached hydrogens (tertiary/aromatic N) is 5. The Kier molecular flexibility index (Phi) is 7.37. The van der Waals surface area contributed by atoms with E-state index in [1.54, 1.807) is 0 Å². The van der Waals surface area contributed by atoms with Gasteiger partial charge in [0, 0.05) is 42.1 Å². The maximum atomic E-state index is 13.4. The minimum absolute atomic E-state index is 0.0277. The number of anilines is 2. The van der Waals surface area contributed by atoms with Crippen molar-refractivity contribution >= 4 is 17.3 Å². The van der Waals surface area contributed by atoms with Gasteiger partial charge in [0.1, 0.15) is 23.7 Å². The Morgan fingerprint density at radius 1 is 1.02 bits per heavy atom. The van der Waals surface area contributed by atoms with Crippen LogP contribution < -0.4 is 10.2 Å². The van der Waals surface area contributed by atoms with Gasteiger partial charge in [-0.15, -0.1) is 0 Å². The number of imidazole rings is 2. The summed E-state index contributed by atoms with van der Waals surface area (Å²) in [6.45, 7) is 4.86. The molecule has 0 radical (unpaired) electrons. The number of carbonyl (C=O) groups is 1. The predicted molar refractivity (Wildman–Crippen MR) is 145 cm³/mol. The van der Waals surface area contributed by atoms with E-state index in [1.807, 2.05) is 24.3 Å². The highest BCUT2D eigenvalue weighted by molar-refractivity contribution is 6.03. The molecule has 1 amide bonds. The molecule has 2 unspecified atom stereocenters. The van der Waals surface area contributed by atoms with Crippen molar-refractivity contribution in [2.45, 2.75) is 38.7 Å². The van der Waals surface area contributed by atoms with Crippen molar-refractivity contribution in [2.75, 3.05) is 30.4 Å². The van der Waals surface area contributed by atoms with Crippen LogP contribution in [-0.4, -0.2) is 68.7 Å². The highest BCUT2D eigenvalue weighted by Crippen LogP contribution is 2.32. The fraction of sp³-hybridized carbons (Fsp3) is 0.321. The van der Waals surface area contributed by atoms with E-state index in [2.05, 4.69) is 51.0 Å². The molecular weight excluding hydrogens is 526 g/mol. The van der Waals surface area contributed by atoms with E-state index in [1.165, 1.54) is 30.5 Å². The van der Waals surface area contributed by atoms with Gasteiger partial charge in [0.15, 0.2) is 5.82 Å². The van der Waals surface area contributed by atoms with Gasteiger partial charge in [0.2, 0.25) is 0 Å². The van der Waals surface area contributed by atoms with Crippen LogP contribution in [0.3, 0.4) is 0 Å². The van der Waals surface area contributed by atoms with E-state index in [9.17, 15) is 22.4 Å². The van der Waals surface area contributed by atoms with Crippen LogP contribution in [0.15, 0.2) is 61.1 Å². The Balaban J connectivity index is 1.35. The third-order valence-electron chi connectivity index (χ3n) is 7.20. The third kappa shape index (κ3) is 5.86. The SMILES string of the molecule is CC1CN(c2ccc(NC(=O)c3cnc(-c4c(-c5ccc(F)cc5)ncn4CC(F)(F)F)[nH]3)cc2)CC(C)N1C. The van der Waals surface area contributed by atoms with E-state index < -0.39 is 24.4 Å². The Labute approximate surface area is 228 Å². The number of halogens is 4. The van der Waals surface area contributed by atoms with Gasteiger partial charge in [-0.1, -0.05) is 0 Å². The van der Waals surface area contributed by atoms with E-state index in [0.29, 0.717) is 23.3 Å². The van der Waals surface area contributed by atoms with Gasteiger partial charge in [-0.3, -0.25) is 9.69 Å². The van der Waals surface area contributed by atoms with Crippen molar-refractivity contribution in [3.63, 3.8) is 0 Å². The van der Waals surface area contributed by atoms with Crippen molar-refractivity contribution in [3.8, 4) is 22.8 Å². The first kappa shape index (κ1) is 27.4. The molecule has 2 aromatic heterocycles. The molecule has 210 valence electrons. The second-order valence-electron chi connectivity index (χ2n) is 10.1. The minimum atomic E-state index is -4.52. The molecule has 2 atom stereocenters. The summed E-state index contributed by atoms with van der Waals surface area (Å²) in [6, 6.07) is 13.6. The first-order chi connectivity index (χ1) is 19.0. The van der Waals surface area contributed by atoms with E-state index in [0.717, 1.165) is 29.7 Å². The van der Waals surface area contributed by atoms with Crippen LogP contribution >= 0.6 is 0 Å². The number of H-pyrrole nitrogens is 1. The number of rotatable bonds is 6. The monoisotopic (exact) mass is 555 g/mol. The normalized spacial score (nSPS) is 18.2. The minimum Gasteiger partial charge on any atom is -0.368 e. The van der Waals surface area contributed by atoms with Crippen LogP contribution in [0.5, 0.6) is 0 Å². The van der Waals surface area contributed by atoms with Crippen molar-refractivity contribution in [1.82, 2.24) is 24.4 Å². The maximum Gasteiger partial charge on any atom is 0.406 e. The first-order valence-corrected chi connectivity index (χ1v) is 12.8. The number of aromatic nitrogens is 4. The number of likely N-dealkylation sites (N-methyl/N-ethyl adjacent to an activating group) is 1. The Morgan fingerprint density at radius 2 is 1.68 bits per heavy atom. The van der Waals surface area contributed by atoms with Gasteiger partial charge >= 0.3 is 6.18 Å². The molecule has 12 heteroatoms. The molecule has 0 bridgehead atoms. The Morgan fingerprint density at radius 3 is 2.30 bits per heavy atom. The number of aromatic amines is 1. The van der Waals surface area contributed by atoms with E-state index >= 15 is 0 Å². The second kappa shape index (κ2) is 10.8. The maximum absolute atomic E-state index is 13.4. The summed E-state index contributed by atoms with van der Waals surface area (Å²) < 4.78 is 54.2. The molecule has 4 aromatic rings. The van der Waals surface area contributed by atoms with Crippen molar-refractivity contribution in [3.05, 3.63) is 72.6 Å². The van der Waals surface area contributed by atoms with Crippen molar-refractivity contribution in [1.29, 1.82) is 0 Å².